The van der Waals surface area contributed by atoms with Crippen molar-refractivity contribution in [3.63, 3.8) is 0 Å². The van der Waals surface area contributed by atoms with E-state index in [-0.39, 0.29) is 52.3 Å². The summed E-state index contributed by atoms with van der Waals surface area (Å²) in [6, 6.07) is 21.3. The molecule has 0 aliphatic carbocycles. The summed E-state index contributed by atoms with van der Waals surface area (Å²) in [5.41, 5.74) is 6.62. The summed E-state index contributed by atoms with van der Waals surface area (Å²) in [7, 11) is 0. The van der Waals surface area contributed by atoms with Gasteiger partial charge in [-0.2, -0.15) is 5.26 Å². The molecule has 15 heteroatoms. The fourth-order valence-electron chi connectivity index (χ4n) is 5.18. The Balaban J connectivity index is 1.44. The number of hydrogen-bond acceptors (Lipinski definition) is 10. The van der Waals surface area contributed by atoms with Gasteiger partial charge in [0.05, 0.1) is 29.8 Å². The van der Waals surface area contributed by atoms with Crippen molar-refractivity contribution in [3.8, 4) is 17.6 Å². The van der Waals surface area contributed by atoms with E-state index in [0.717, 1.165) is 0 Å². The second-order valence-corrected chi connectivity index (χ2v) is 14.0. The van der Waals surface area contributed by atoms with Gasteiger partial charge in [-0.3, -0.25) is 24.0 Å². The zero-order valence-corrected chi connectivity index (χ0v) is 32.6. The first-order valence-corrected chi connectivity index (χ1v) is 18.0. The van der Waals surface area contributed by atoms with Gasteiger partial charge in [-0.05, 0) is 120 Å². The maximum Gasteiger partial charge on any atom is 0.342 e. The molecule has 0 fully saturated rings. The monoisotopic (exact) mass is 788 g/mol. The smallest absolute Gasteiger partial charge is 0.342 e. The third-order valence-corrected chi connectivity index (χ3v) is 7.80. The van der Waals surface area contributed by atoms with Gasteiger partial charge >= 0.3 is 5.97 Å². The van der Waals surface area contributed by atoms with Crippen LogP contribution in [0.15, 0.2) is 97.6 Å². The van der Waals surface area contributed by atoms with Gasteiger partial charge in [0.25, 0.3) is 17.7 Å². The van der Waals surface area contributed by atoms with Gasteiger partial charge in [-0.1, -0.05) is 12.7 Å². The van der Waals surface area contributed by atoms with Crippen LogP contribution in [0.4, 0.5) is 17.1 Å². The summed E-state index contributed by atoms with van der Waals surface area (Å²) in [4.78, 5) is 77.3. The molecular formula is C43H44N6O9. The first kappa shape index (κ1) is 43.3. The molecule has 0 saturated heterocycles. The SMILES string of the molecule is C=CCOc1c(C(=O)OC(C)(C)C)ccc(NC(=O)c2ccc(NC(=O)[C@H](CC(N)=O)NC(=O)c3ccc(NC(=O)c4ccc(C#N)cc4)cc3)cc2)c1OC(C)C. The Kier molecular flexibility index (Phi) is 14.5. The number of nitrogens with one attached hydrogen (secondary N) is 4. The highest BCUT2D eigenvalue weighted by atomic mass is 16.6. The van der Waals surface area contributed by atoms with Gasteiger partial charge in [-0.25, -0.2) is 4.79 Å². The van der Waals surface area contributed by atoms with Crippen molar-refractivity contribution in [1.29, 1.82) is 5.26 Å². The van der Waals surface area contributed by atoms with Crippen LogP contribution in [0.1, 0.15) is 88.0 Å². The van der Waals surface area contributed by atoms with Crippen molar-refractivity contribution < 1.29 is 43.0 Å². The van der Waals surface area contributed by atoms with Crippen LogP contribution < -0.4 is 36.5 Å². The Morgan fingerprint density at radius 2 is 1.29 bits per heavy atom. The lowest BCUT2D eigenvalue weighted by atomic mass is 10.1. The predicted molar refractivity (Wildman–Crippen MR) is 217 cm³/mol. The van der Waals surface area contributed by atoms with Crippen molar-refractivity contribution in [3.05, 3.63) is 125 Å². The molecule has 0 aliphatic rings. The number of rotatable bonds is 16. The maximum absolute atomic E-state index is 13.4. The topological polar surface area (TPSA) is 228 Å². The molecule has 5 amide bonds. The Bertz CT molecular complexity index is 2220. The number of hydrogen-bond donors (Lipinski definition) is 5. The number of nitrogens with zero attached hydrogens (tertiary/aromatic N) is 1. The van der Waals surface area contributed by atoms with Crippen LogP contribution in [0, 0.1) is 11.3 Å². The molecule has 0 unspecified atom stereocenters. The lowest BCUT2D eigenvalue weighted by Gasteiger charge is -2.23. The Hall–Kier alpha value is -7.47. The molecule has 4 aromatic rings. The van der Waals surface area contributed by atoms with Crippen LogP contribution in [0.2, 0.25) is 0 Å². The quantitative estimate of drug-likeness (QED) is 0.0659. The second kappa shape index (κ2) is 19.4. The molecule has 0 aliphatic heterocycles. The molecule has 0 saturated carbocycles. The van der Waals surface area contributed by atoms with E-state index in [2.05, 4.69) is 27.8 Å². The second-order valence-electron chi connectivity index (χ2n) is 14.0. The van der Waals surface area contributed by atoms with Gasteiger partial charge in [0.1, 0.15) is 23.8 Å². The predicted octanol–water partition coefficient (Wildman–Crippen LogP) is 5.98. The van der Waals surface area contributed by atoms with Crippen molar-refractivity contribution in [2.75, 3.05) is 22.6 Å². The van der Waals surface area contributed by atoms with Crippen LogP contribution in [-0.2, 0) is 14.3 Å². The highest BCUT2D eigenvalue weighted by Crippen LogP contribution is 2.40. The Labute approximate surface area is 335 Å². The molecule has 300 valence electrons. The Morgan fingerprint density at radius 3 is 1.81 bits per heavy atom. The molecule has 0 spiro atoms. The van der Waals surface area contributed by atoms with Gasteiger partial charge < -0.3 is 41.2 Å². The number of amides is 5. The van der Waals surface area contributed by atoms with Gasteiger partial charge in [0, 0.05) is 28.1 Å². The van der Waals surface area contributed by atoms with Crippen LogP contribution in [0.25, 0.3) is 0 Å². The number of primary amides is 1. The average Bonchev–Trinajstić information content (AvgIpc) is 3.17. The number of nitrogens with two attached hydrogens (primary N) is 1. The summed E-state index contributed by atoms with van der Waals surface area (Å²) in [6.45, 7) is 12.5. The van der Waals surface area contributed by atoms with Gasteiger partial charge in [0.15, 0.2) is 11.5 Å². The number of carbonyl (C=O) groups is 6. The fraction of sp³-hybridized carbons (Fsp3) is 0.233. The van der Waals surface area contributed by atoms with Gasteiger partial charge in [-0.15, -0.1) is 0 Å². The van der Waals surface area contributed by atoms with E-state index in [9.17, 15) is 28.8 Å². The largest absolute Gasteiger partial charge is 0.485 e. The average molecular weight is 789 g/mol. The molecule has 15 nitrogen and oxygen atoms in total. The van der Waals surface area contributed by atoms with E-state index in [4.69, 9.17) is 25.2 Å². The number of benzene rings is 4. The summed E-state index contributed by atoms with van der Waals surface area (Å²) in [5.74, 6) is -3.71. The summed E-state index contributed by atoms with van der Waals surface area (Å²) < 4.78 is 17.4. The van der Waals surface area contributed by atoms with E-state index >= 15 is 0 Å². The lowest BCUT2D eigenvalue weighted by Crippen LogP contribution is -2.46. The molecule has 4 rings (SSSR count). The van der Waals surface area contributed by atoms with Crippen LogP contribution in [0.3, 0.4) is 0 Å². The van der Waals surface area contributed by atoms with Crippen molar-refractivity contribution >= 4 is 52.6 Å². The number of ether oxygens (including phenoxy) is 3. The molecular weight excluding hydrogens is 745 g/mol. The third kappa shape index (κ3) is 12.3. The molecule has 4 aromatic carbocycles. The molecule has 0 aromatic heterocycles. The van der Waals surface area contributed by atoms with E-state index < -0.39 is 53.6 Å². The maximum atomic E-state index is 13.4. The van der Waals surface area contributed by atoms with E-state index in [1.54, 1.807) is 34.6 Å². The molecule has 6 N–H and O–H groups in total. The van der Waals surface area contributed by atoms with Crippen molar-refractivity contribution in [2.24, 2.45) is 5.73 Å². The number of esters is 1. The summed E-state index contributed by atoms with van der Waals surface area (Å²) >= 11 is 0. The highest BCUT2D eigenvalue weighted by molar-refractivity contribution is 6.07. The third-order valence-electron chi connectivity index (χ3n) is 7.80. The minimum Gasteiger partial charge on any atom is -0.485 e. The van der Waals surface area contributed by atoms with Crippen molar-refractivity contribution in [2.45, 2.75) is 58.8 Å². The summed E-state index contributed by atoms with van der Waals surface area (Å²) in [5, 5.41) is 19.6. The minimum absolute atomic E-state index is 0.0374. The Morgan fingerprint density at radius 1 is 0.759 bits per heavy atom. The van der Waals surface area contributed by atoms with Crippen LogP contribution >= 0.6 is 0 Å². The standard InChI is InChI=1S/C43H44N6O9/c1-7-22-56-36-32(42(55)58-43(4,5)6)20-21-33(37(36)57-25(2)3)48-39(52)28-14-18-31(19-15-28)47-41(54)34(23-35(45)50)49-40(53)29-12-16-30(17-13-29)46-38(51)27-10-8-26(24-44)9-11-27/h7-21,25,34H,1,22-23H2,2-6H3,(H2,45,50)(H,46,51)(H,47,54)(H,48,52)(H,49,53)/t34-/m0/s1. The number of anilines is 3. The molecule has 0 bridgehead atoms. The first-order chi connectivity index (χ1) is 27.5. The summed E-state index contributed by atoms with van der Waals surface area (Å²) in [6.07, 6.45) is 0.615. The minimum atomic E-state index is -1.36. The van der Waals surface area contributed by atoms with E-state index in [0.29, 0.717) is 16.8 Å². The molecule has 0 radical (unpaired) electrons. The number of nitriles is 1. The normalized spacial score (nSPS) is 11.3. The highest BCUT2D eigenvalue weighted by Gasteiger charge is 2.28. The van der Waals surface area contributed by atoms with E-state index in [1.165, 1.54) is 91.0 Å². The zero-order valence-electron chi connectivity index (χ0n) is 32.6. The number of carbonyl (C=O) groups excluding carboxylic acids is 6. The van der Waals surface area contributed by atoms with E-state index in [1.807, 2.05) is 6.07 Å². The molecule has 58 heavy (non-hydrogen) atoms. The fourth-order valence-corrected chi connectivity index (χ4v) is 5.18. The first-order valence-electron chi connectivity index (χ1n) is 18.0. The van der Waals surface area contributed by atoms with Gasteiger partial charge in [0.2, 0.25) is 11.8 Å². The van der Waals surface area contributed by atoms with Crippen molar-refractivity contribution in [1.82, 2.24) is 5.32 Å². The lowest BCUT2D eigenvalue weighted by molar-refractivity contribution is -0.123. The van der Waals surface area contributed by atoms with Crippen LogP contribution in [0.5, 0.6) is 11.5 Å². The molecule has 1 atom stereocenters. The van der Waals surface area contributed by atoms with Crippen LogP contribution in [-0.4, -0.2) is 59.9 Å². The molecule has 0 heterocycles. The zero-order chi connectivity index (χ0) is 42.6.